The molecule has 0 aromatic rings. The van der Waals surface area contributed by atoms with Crippen LogP contribution in [0.2, 0.25) is 0 Å². The van der Waals surface area contributed by atoms with Gasteiger partial charge in [0.1, 0.15) is 39.3 Å². The molecule has 0 saturated carbocycles. The number of aliphatic hydroxyl groups is 6. The van der Waals surface area contributed by atoms with Gasteiger partial charge in [0.15, 0.2) is 6.35 Å². The second-order valence-corrected chi connectivity index (χ2v) is 3.74. The predicted molar refractivity (Wildman–Crippen MR) is 58.2 cm³/mol. The maximum Gasteiger partial charge on any atom is 0.322 e. The number of nitrogens with one attached hydrogen (secondary N) is 1. The van der Waals surface area contributed by atoms with Crippen molar-refractivity contribution in [2.75, 3.05) is 26.9 Å². The van der Waals surface area contributed by atoms with Crippen molar-refractivity contribution in [3.05, 3.63) is 0 Å². The number of hydrogen-bond acceptors (Lipinski definition) is 9. The van der Waals surface area contributed by atoms with Crippen LogP contribution >= 0.6 is 0 Å². The van der Waals surface area contributed by atoms with Gasteiger partial charge in [0, 0.05) is 0 Å². The van der Waals surface area contributed by atoms with Crippen LogP contribution in [0.4, 0.5) is 4.79 Å². The molecule has 0 spiro atoms. The first-order valence-corrected chi connectivity index (χ1v) is 5.39. The van der Waals surface area contributed by atoms with Crippen LogP contribution in [0.5, 0.6) is 0 Å². The molecule has 19 heavy (non-hydrogen) atoms. The zero-order valence-corrected chi connectivity index (χ0v) is 9.99. The summed E-state index contributed by atoms with van der Waals surface area (Å²) in [6, 6.07) is -0.917. The van der Waals surface area contributed by atoms with Crippen LogP contribution in [0.1, 0.15) is 0 Å². The average Bonchev–Trinajstić information content (AvgIpc) is 2.62. The Balaban J connectivity index is 2.96. The zero-order valence-electron chi connectivity index (χ0n) is 9.99. The highest BCUT2D eigenvalue weighted by Gasteiger charge is 2.49. The number of urea groups is 1. The lowest BCUT2D eigenvalue weighted by Gasteiger charge is -2.33. The second kappa shape index (κ2) is 6.93. The normalized spacial score (nSPS) is 28.6. The van der Waals surface area contributed by atoms with Gasteiger partial charge in [-0.3, -0.25) is 4.90 Å². The third kappa shape index (κ3) is 2.93. The third-order valence-corrected chi connectivity index (χ3v) is 2.83. The fourth-order valence-electron chi connectivity index (χ4n) is 1.90. The van der Waals surface area contributed by atoms with Gasteiger partial charge >= 0.3 is 6.03 Å². The summed E-state index contributed by atoms with van der Waals surface area (Å²) in [4.78, 5) is 13.9. The van der Waals surface area contributed by atoms with E-state index in [1.807, 2.05) is 5.32 Å². The molecule has 0 aliphatic carbocycles. The van der Waals surface area contributed by atoms with E-state index in [1.165, 1.54) is 0 Å². The average molecular weight is 282 g/mol. The Hall–Kier alpha value is -1.05. The quantitative estimate of drug-likeness (QED) is 0.246. The molecule has 3 atom stereocenters. The molecule has 0 bridgehead atoms. The molecule has 1 saturated heterocycles. The fraction of sp³-hybridized carbons (Fsp3) is 0.875. The van der Waals surface area contributed by atoms with Gasteiger partial charge in [0.25, 0.3) is 0 Å². The van der Waals surface area contributed by atoms with Crippen molar-refractivity contribution in [3.63, 3.8) is 0 Å². The Morgan fingerprint density at radius 2 is 1.68 bits per heavy atom. The molecule has 1 fully saturated rings. The Labute approximate surface area is 108 Å². The first-order chi connectivity index (χ1) is 9.03. The molecule has 3 unspecified atom stereocenters. The lowest BCUT2D eigenvalue weighted by molar-refractivity contribution is -0.137. The molecule has 0 aromatic carbocycles. The SMILES string of the molecule is O=C(NCO)N(CO)C1C(O)N(CO)C(O)N1CO. The van der Waals surface area contributed by atoms with Crippen molar-refractivity contribution in [1.82, 2.24) is 20.0 Å². The standard InChI is InChI=1S/C8H18N4O7/c13-1-9-7(18)10(2-14)5-6(17)12(4-16)8(19)11(5)3-15/h5-6,8,13-17,19H,1-4H2,(H,9,18). The van der Waals surface area contributed by atoms with Crippen LogP contribution < -0.4 is 5.32 Å². The monoisotopic (exact) mass is 282 g/mol. The largest absolute Gasteiger partial charge is 0.381 e. The summed E-state index contributed by atoms with van der Waals surface area (Å²) in [6.07, 6.45) is -4.38. The van der Waals surface area contributed by atoms with Crippen LogP contribution in [0.15, 0.2) is 0 Å². The Bertz CT molecular complexity index is 307. The smallest absolute Gasteiger partial charge is 0.322 e. The minimum atomic E-state index is -1.54. The van der Waals surface area contributed by atoms with Crippen LogP contribution in [-0.4, -0.2) is 97.0 Å². The molecular weight excluding hydrogens is 264 g/mol. The molecule has 1 aliphatic heterocycles. The van der Waals surface area contributed by atoms with E-state index in [1.54, 1.807) is 0 Å². The lowest BCUT2D eigenvalue weighted by Crippen LogP contribution is -2.57. The third-order valence-electron chi connectivity index (χ3n) is 2.83. The Morgan fingerprint density at radius 1 is 1.11 bits per heavy atom. The van der Waals surface area contributed by atoms with Crippen LogP contribution in [0.25, 0.3) is 0 Å². The molecule has 0 radical (unpaired) electrons. The van der Waals surface area contributed by atoms with Crippen molar-refractivity contribution in [1.29, 1.82) is 0 Å². The lowest BCUT2D eigenvalue weighted by atomic mass is 10.3. The van der Waals surface area contributed by atoms with Gasteiger partial charge in [-0.25, -0.2) is 14.6 Å². The first-order valence-electron chi connectivity index (χ1n) is 5.39. The molecule has 1 heterocycles. The molecule has 112 valence electrons. The summed E-state index contributed by atoms with van der Waals surface area (Å²) in [6.45, 7) is -2.99. The van der Waals surface area contributed by atoms with E-state index in [2.05, 4.69) is 0 Å². The van der Waals surface area contributed by atoms with Crippen LogP contribution in [0.3, 0.4) is 0 Å². The van der Waals surface area contributed by atoms with Gasteiger partial charge in [0.05, 0.1) is 0 Å². The first kappa shape index (κ1) is 16.0. The molecule has 1 rings (SSSR count). The molecule has 2 amide bonds. The number of nitrogens with zero attached hydrogens (tertiary/aromatic N) is 3. The van der Waals surface area contributed by atoms with E-state index in [9.17, 15) is 15.0 Å². The number of carbonyl (C=O) groups is 1. The van der Waals surface area contributed by atoms with Crippen molar-refractivity contribution in [3.8, 4) is 0 Å². The van der Waals surface area contributed by atoms with Gasteiger partial charge in [-0.1, -0.05) is 0 Å². The van der Waals surface area contributed by atoms with Crippen molar-refractivity contribution >= 4 is 6.03 Å². The zero-order chi connectivity index (χ0) is 14.6. The number of amides is 2. The molecule has 11 nitrogen and oxygen atoms in total. The molecule has 11 heteroatoms. The van der Waals surface area contributed by atoms with Gasteiger partial charge in [0.2, 0.25) is 0 Å². The van der Waals surface area contributed by atoms with Gasteiger partial charge in [-0.15, -0.1) is 0 Å². The summed E-state index contributed by atoms with van der Waals surface area (Å²) >= 11 is 0. The van der Waals surface area contributed by atoms with Crippen molar-refractivity contribution in [2.45, 2.75) is 18.7 Å². The van der Waals surface area contributed by atoms with E-state index in [0.29, 0.717) is 4.90 Å². The Morgan fingerprint density at radius 3 is 2.11 bits per heavy atom. The van der Waals surface area contributed by atoms with Gasteiger partial charge in [-0.2, -0.15) is 0 Å². The summed E-state index contributed by atoms with van der Waals surface area (Å²) in [5, 5.41) is 57.5. The van der Waals surface area contributed by atoms with Gasteiger partial charge < -0.3 is 36.0 Å². The van der Waals surface area contributed by atoms with Crippen molar-refractivity contribution in [2.24, 2.45) is 0 Å². The highest BCUT2D eigenvalue weighted by Crippen LogP contribution is 2.25. The highest BCUT2D eigenvalue weighted by molar-refractivity contribution is 5.74. The molecule has 1 aliphatic rings. The summed E-state index contributed by atoms with van der Waals surface area (Å²) in [7, 11) is 0. The highest BCUT2D eigenvalue weighted by atomic mass is 16.4. The van der Waals surface area contributed by atoms with Crippen LogP contribution in [-0.2, 0) is 0 Å². The second-order valence-electron chi connectivity index (χ2n) is 3.74. The van der Waals surface area contributed by atoms with E-state index < -0.39 is 51.7 Å². The number of hydrogen-bond donors (Lipinski definition) is 7. The summed E-state index contributed by atoms with van der Waals surface area (Å²) < 4.78 is 0. The van der Waals surface area contributed by atoms with E-state index in [0.717, 1.165) is 9.80 Å². The molecular formula is C8H18N4O7. The topological polar surface area (TPSA) is 160 Å². The van der Waals surface area contributed by atoms with Crippen LogP contribution in [0, 0.1) is 0 Å². The number of aliphatic hydroxyl groups excluding tert-OH is 6. The van der Waals surface area contributed by atoms with Crippen molar-refractivity contribution < 1.29 is 35.4 Å². The van der Waals surface area contributed by atoms with E-state index in [-0.39, 0.29) is 0 Å². The van der Waals surface area contributed by atoms with E-state index >= 15 is 0 Å². The summed E-state index contributed by atoms with van der Waals surface area (Å²) in [5.74, 6) is 0. The van der Waals surface area contributed by atoms with E-state index in [4.69, 9.17) is 20.4 Å². The minimum Gasteiger partial charge on any atom is -0.381 e. The maximum absolute atomic E-state index is 11.6. The summed E-state index contributed by atoms with van der Waals surface area (Å²) in [5.41, 5.74) is 0. The van der Waals surface area contributed by atoms with Gasteiger partial charge in [-0.05, 0) is 0 Å². The molecule has 0 aromatic heterocycles. The predicted octanol–water partition coefficient (Wildman–Crippen LogP) is -4.66. The maximum atomic E-state index is 11.6. The number of rotatable bonds is 5. The fourth-order valence-corrected chi connectivity index (χ4v) is 1.90. The Kier molecular flexibility index (Phi) is 5.84. The number of carbonyl (C=O) groups excluding carboxylic acids is 1. The molecule has 7 N–H and O–H groups in total. The minimum absolute atomic E-state index is 0.677.